The first-order valence-electron chi connectivity index (χ1n) is 5.99. The van der Waals surface area contributed by atoms with Crippen LogP contribution in [0.25, 0.3) is 0 Å². The molecule has 1 aromatic heterocycles. The normalized spacial score (nSPS) is 16.9. The van der Waals surface area contributed by atoms with Gasteiger partial charge in [-0.05, 0) is 42.6 Å². The average Bonchev–Trinajstić information content (AvgIpc) is 3.05. The summed E-state index contributed by atoms with van der Waals surface area (Å²) in [6, 6.07) is 0.428. The minimum atomic E-state index is -0.0412. The van der Waals surface area contributed by atoms with Gasteiger partial charge in [-0.25, -0.2) is 0 Å². The van der Waals surface area contributed by atoms with Crippen LogP contribution in [0.3, 0.4) is 0 Å². The Morgan fingerprint density at radius 2 is 2.24 bits per heavy atom. The van der Waals surface area contributed by atoms with Gasteiger partial charge in [0.2, 0.25) is 5.91 Å². The molecule has 1 N–H and O–H groups in total. The molecule has 0 aromatic carbocycles. The van der Waals surface area contributed by atoms with Gasteiger partial charge in [0.15, 0.2) is 0 Å². The third kappa shape index (κ3) is 2.89. The zero-order chi connectivity index (χ0) is 12.6. The van der Waals surface area contributed by atoms with Crippen molar-refractivity contribution in [1.82, 2.24) is 15.1 Å². The molecule has 0 spiro atoms. The van der Waals surface area contributed by atoms with Crippen LogP contribution >= 0.6 is 15.9 Å². The van der Waals surface area contributed by atoms with Crippen molar-refractivity contribution in [3.05, 3.63) is 15.9 Å². The summed E-state index contributed by atoms with van der Waals surface area (Å²) < 4.78 is 2.93. The Labute approximate surface area is 110 Å². The number of hydrogen-bond donors (Lipinski definition) is 1. The Morgan fingerprint density at radius 1 is 1.59 bits per heavy atom. The second-order valence-corrected chi connectivity index (χ2v) is 5.64. The zero-order valence-corrected chi connectivity index (χ0v) is 12.0. The molecule has 1 amide bonds. The van der Waals surface area contributed by atoms with Crippen molar-refractivity contribution >= 4 is 21.8 Å². The lowest BCUT2D eigenvalue weighted by Gasteiger charge is -2.12. The highest BCUT2D eigenvalue weighted by Gasteiger charge is 2.26. The largest absolute Gasteiger partial charge is 0.353 e. The molecule has 1 heterocycles. The average molecular weight is 300 g/mol. The lowest BCUT2D eigenvalue weighted by atomic mass is 10.1. The van der Waals surface area contributed by atoms with Gasteiger partial charge in [0.05, 0.1) is 22.6 Å². The topological polar surface area (TPSA) is 46.9 Å². The molecule has 1 aliphatic carbocycles. The van der Waals surface area contributed by atoms with Crippen LogP contribution in [0, 0.1) is 19.8 Å². The van der Waals surface area contributed by atoms with Crippen LogP contribution in [0.5, 0.6) is 0 Å². The maximum Gasteiger partial charge on any atom is 0.224 e. The molecule has 17 heavy (non-hydrogen) atoms. The van der Waals surface area contributed by atoms with Gasteiger partial charge in [0, 0.05) is 11.7 Å². The van der Waals surface area contributed by atoms with E-state index in [2.05, 4.69) is 26.3 Å². The second kappa shape index (κ2) is 4.80. The number of carbonyl (C=O) groups excluding carboxylic acids is 1. The maximum absolute atomic E-state index is 11.8. The summed E-state index contributed by atoms with van der Waals surface area (Å²) >= 11 is 3.49. The van der Waals surface area contributed by atoms with Crippen molar-refractivity contribution in [3.63, 3.8) is 0 Å². The third-order valence-corrected chi connectivity index (χ3v) is 4.26. The molecule has 94 valence electrons. The summed E-state index contributed by atoms with van der Waals surface area (Å²) in [5, 5.41) is 7.44. The second-order valence-electron chi connectivity index (χ2n) is 4.85. The molecule has 1 aromatic rings. The van der Waals surface area contributed by atoms with Crippen molar-refractivity contribution < 1.29 is 4.79 Å². The van der Waals surface area contributed by atoms with Crippen LogP contribution in [0.4, 0.5) is 0 Å². The minimum Gasteiger partial charge on any atom is -0.353 e. The number of hydrogen-bond acceptors (Lipinski definition) is 2. The summed E-state index contributed by atoms with van der Waals surface area (Å²) in [5.41, 5.74) is 2.05. The van der Waals surface area contributed by atoms with Crippen molar-refractivity contribution in [2.24, 2.45) is 5.92 Å². The first-order chi connectivity index (χ1) is 7.99. The van der Waals surface area contributed by atoms with E-state index >= 15 is 0 Å². The lowest BCUT2D eigenvalue weighted by molar-refractivity contribution is -0.125. The molecule has 1 atom stereocenters. The Kier molecular flexibility index (Phi) is 3.56. The molecule has 1 unspecified atom stereocenters. The molecular weight excluding hydrogens is 282 g/mol. The first kappa shape index (κ1) is 12.6. The third-order valence-electron chi connectivity index (χ3n) is 3.11. The number of carbonyl (C=O) groups is 1. The van der Waals surface area contributed by atoms with E-state index in [0.717, 1.165) is 28.7 Å². The monoisotopic (exact) mass is 299 g/mol. The van der Waals surface area contributed by atoms with Crippen LogP contribution in [0.1, 0.15) is 31.2 Å². The number of aromatic nitrogens is 2. The minimum absolute atomic E-state index is 0.0412. The number of halogens is 1. The van der Waals surface area contributed by atoms with Crippen molar-refractivity contribution in [2.45, 2.75) is 46.2 Å². The summed E-state index contributed by atoms with van der Waals surface area (Å²) in [7, 11) is 0. The molecule has 0 saturated heterocycles. The van der Waals surface area contributed by atoms with Crippen molar-refractivity contribution in [3.8, 4) is 0 Å². The predicted molar refractivity (Wildman–Crippen MR) is 69.7 cm³/mol. The molecule has 0 aliphatic heterocycles. The predicted octanol–water partition coefficient (Wildman–Crippen LogP) is 2.18. The molecule has 1 aliphatic rings. The van der Waals surface area contributed by atoms with Crippen LogP contribution in [-0.4, -0.2) is 21.7 Å². The van der Waals surface area contributed by atoms with Gasteiger partial charge >= 0.3 is 0 Å². The summed E-state index contributed by atoms with van der Waals surface area (Å²) in [5.74, 6) is 0.0941. The molecule has 0 bridgehead atoms. The highest BCUT2D eigenvalue weighted by Crippen LogP contribution is 2.22. The number of nitrogens with zero attached hydrogens (tertiary/aromatic N) is 2. The number of nitrogens with one attached hydrogen (secondary N) is 1. The fraction of sp³-hybridized carbons (Fsp3) is 0.667. The first-order valence-corrected chi connectivity index (χ1v) is 6.78. The van der Waals surface area contributed by atoms with E-state index in [1.54, 1.807) is 0 Å². The number of aryl methyl sites for hydroxylation is 1. The standard InChI is InChI=1S/C12H18BrN3O/c1-7(12(17)14-10-4-5-10)6-16-9(3)11(13)8(2)15-16/h7,10H,4-6H2,1-3H3,(H,14,17). The van der Waals surface area contributed by atoms with Gasteiger partial charge < -0.3 is 5.32 Å². The fourth-order valence-corrected chi connectivity index (χ4v) is 2.05. The van der Waals surface area contributed by atoms with E-state index in [1.807, 2.05) is 25.5 Å². The van der Waals surface area contributed by atoms with Crippen LogP contribution in [0.15, 0.2) is 4.47 Å². The Hall–Kier alpha value is -0.840. The van der Waals surface area contributed by atoms with Crippen LogP contribution < -0.4 is 5.32 Å². The van der Waals surface area contributed by atoms with Crippen molar-refractivity contribution in [1.29, 1.82) is 0 Å². The summed E-state index contributed by atoms with van der Waals surface area (Å²) in [6.45, 7) is 6.55. The smallest absolute Gasteiger partial charge is 0.224 e. The number of amides is 1. The van der Waals surface area contributed by atoms with Crippen LogP contribution in [-0.2, 0) is 11.3 Å². The van der Waals surface area contributed by atoms with E-state index in [4.69, 9.17) is 0 Å². The van der Waals surface area contributed by atoms with Gasteiger partial charge in [0.25, 0.3) is 0 Å². The Bertz CT molecular complexity index is 437. The number of rotatable bonds is 4. The maximum atomic E-state index is 11.8. The van der Waals surface area contributed by atoms with E-state index in [-0.39, 0.29) is 11.8 Å². The SMILES string of the molecule is Cc1nn(CC(C)C(=O)NC2CC2)c(C)c1Br. The van der Waals surface area contributed by atoms with Gasteiger partial charge in [-0.3, -0.25) is 9.48 Å². The Morgan fingerprint density at radius 3 is 2.71 bits per heavy atom. The molecular formula is C12H18BrN3O. The molecule has 0 radical (unpaired) electrons. The summed E-state index contributed by atoms with van der Waals surface area (Å²) in [6.07, 6.45) is 2.26. The van der Waals surface area contributed by atoms with Crippen molar-refractivity contribution in [2.75, 3.05) is 0 Å². The van der Waals surface area contributed by atoms with Gasteiger partial charge in [-0.15, -0.1) is 0 Å². The molecule has 1 fully saturated rings. The lowest BCUT2D eigenvalue weighted by Crippen LogP contribution is -2.33. The van der Waals surface area contributed by atoms with E-state index in [1.165, 1.54) is 0 Å². The molecule has 4 nitrogen and oxygen atoms in total. The van der Waals surface area contributed by atoms with Crippen LogP contribution in [0.2, 0.25) is 0 Å². The fourth-order valence-electron chi connectivity index (χ4n) is 1.77. The quantitative estimate of drug-likeness (QED) is 0.926. The highest BCUT2D eigenvalue weighted by atomic mass is 79.9. The zero-order valence-electron chi connectivity index (χ0n) is 10.5. The van der Waals surface area contributed by atoms with E-state index in [9.17, 15) is 4.79 Å². The van der Waals surface area contributed by atoms with Gasteiger partial charge in [0.1, 0.15) is 0 Å². The van der Waals surface area contributed by atoms with E-state index in [0.29, 0.717) is 12.6 Å². The highest BCUT2D eigenvalue weighted by molar-refractivity contribution is 9.10. The van der Waals surface area contributed by atoms with Gasteiger partial charge in [-0.1, -0.05) is 6.92 Å². The Balaban J connectivity index is 1.98. The molecule has 5 heteroatoms. The van der Waals surface area contributed by atoms with Gasteiger partial charge in [-0.2, -0.15) is 5.10 Å². The molecule has 2 rings (SSSR count). The molecule has 1 saturated carbocycles. The van der Waals surface area contributed by atoms with E-state index < -0.39 is 0 Å². The summed E-state index contributed by atoms with van der Waals surface area (Å²) in [4.78, 5) is 11.8.